The van der Waals surface area contributed by atoms with Crippen LogP contribution in [-0.2, 0) is 4.79 Å². The van der Waals surface area contributed by atoms with Gasteiger partial charge in [0.1, 0.15) is 6.04 Å². The first-order valence-electron chi connectivity index (χ1n) is 6.71. The molecule has 1 N–H and O–H groups in total. The summed E-state index contributed by atoms with van der Waals surface area (Å²) in [5.74, 6) is -0.286. The van der Waals surface area contributed by atoms with E-state index >= 15 is 0 Å². The summed E-state index contributed by atoms with van der Waals surface area (Å²) in [5.41, 5.74) is 0. The van der Waals surface area contributed by atoms with E-state index in [9.17, 15) is 9.59 Å². The highest BCUT2D eigenvalue weighted by Crippen LogP contribution is 2.18. The third-order valence-electron chi connectivity index (χ3n) is 3.73. The van der Waals surface area contributed by atoms with Gasteiger partial charge in [-0.15, -0.1) is 0 Å². The maximum atomic E-state index is 12.3. The molecule has 18 heavy (non-hydrogen) atoms. The van der Waals surface area contributed by atoms with Gasteiger partial charge in [-0.1, -0.05) is 13.8 Å². The molecule has 0 aliphatic carbocycles. The van der Waals surface area contributed by atoms with E-state index in [0.717, 1.165) is 32.4 Å². The average Bonchev–Trinajstić information content (AvgIpc) is 2.53. The first kappa shape index (κ1) is 14.8. The number of carboxylic acid groups (broad SMARTS) is 1. The first-order valence-corrected chi connectivity index (χ1v) is 6.71. The molecular weight excluding hydrogens is 232 g/mol. The molecule has 1 aliphatic heterocycles. The van der Waals surface area contributed by atoms with Gasteiger partial charge in [0.2, 0.25) is 0 Å². The Balaban J connectivity index is 2.64. The summed E-state index contributed by atoms with van der Waals surface area (Å²) in [7, 11) is 1.58. The molecule has 5 heteroatoms. The number of nitrogens with zero attached hydrogens (tertiary/aromatic N) is 2. The molecule has 5 nitrogen and oxygen atoms in total. The largest absolute Gasteiger partial charge is 0.480 e. The molecular formula is C13H24N2O3. The summed E-state index contributed by atoms with van der Waals surface area (Å²) >= 11 is 0. The summed E-state index contributed by atoms with van der Waals surface area (Å²) in [5, 5.41) is 9.08. The van der Waals surface area contributed by atoms with Crippen LogP contribution >= 0.6 is 0 Å². The summed E-state index contributed by atoms with van der Waals surface area (Å²) in [6, 6.07) is -0.878. The molecule has 0 aromatic carbocycles. The van der Waals surface area contributed by atoms with E-state index in [1.165, 1.54) is 4.90 Å². The van der Waals surface area contributed by atoms with Gasteiger partial charge in [0.05, 0.1) is 0 Å². The topological polar surface area (TPSA) is 60.9 Å². The van der Waals surface area contributed by atoms with Crippen molar-refractivity contribution in [3.8, 4) is 0 Å². The first-order chi connectivity index (χ1) is 8.47. The molecule has 1 saturated heterocycles. The quantitative estimate of drug-likeness (QED) is 0.840. The van der Waals surface area contributed by atoms with Crippen molar-refractivity contribution in [2.24, 2.45) is 5.92 Å². The second-order valence-electron chi connectivity index (χ2n) is 5.18. The van der Waals surface area contributed by atoms with Crippen molar-refractivity contribution < 1.29 is 14.7 Å². The molecule has 0 aromatic heterocycles. The van der Waals surface area contributed by atoms with Crippen LogP contribution in [-0.4, -0.2) is 53.1 Å². The van der Waals surface area contributed by atoms with Gasteiger partial charge in [-0.2, -0.15) is 0 Å². The Hall–Kier alpha value is -1.26. The van der Waals surface area contributed by atoms with E-state index in [2.05, 4.69) is 6.92 Å². The Kier molecular flexibility index (Phi) is 5.44. The molecule has 1 fully saturated rings. The zero-order chi connectivity index (χ0) is 13.7. The van der Waals surface area contributed by atoms with Crippen molar-refractivity contribution in [1.29, 1.82) is 0 Å². The highest BCUT2D eigenvalue weighted by atomic mass is 16.4. The van der Waals surface area contributed by atoms with Crippen LogP contribution in [0.15, 0.2) is 0 Å². The predicted molar refractivity (Wildman–Crippen MR) is 69.5 cm³/mol. The number of likely N-dealkylation sites (tertiary alicyclic amines) is 1. The van der Waals surface area contributed by atoms with Crippen LogP contribution in [0, 0.1) is 5.92 Å². The fourth-order valence-corrected chi connectivity index (χ4v) is 2.42. The summed E-state index contributed by atoms with van der Waals surface area (Å²) in [6.45, 7) is 5.46. The molecule has 2 unspecified atom stereocenters. The van der Waals surface area contributed by atoms with Crippen molar-refractivity contribution in [3.63, 3.8) is 0 Å². The maximum absolute atomic E-state index is 12.3. The molecule has 0 aromatic rings. The fourth-order valence-electron chi connectivity index (χ4n) is 2.42. The molecule has 1 heterocycles. The number of carboxylic acids is 1. The van der Waals surface area contributed by atoms with Crippen LogP contribution in [0.1, 0.15) is 39.5 Å². The number of rotatable bonds is 3. The van der Waals surface area contributed by atoms with Crippen molar-refractivity contribution in [2.75, 3.05) is 20.1 Å². The van der Waals surface area contributed by atoms with Crippen molar-refractivity contribution >= 4 is 12.0 Å². The summed E-state index contributed by atoms with van der Waals surface area (Å²) in [6.07, 6.45) is 3.58. The van der Waals surface area contributed by atoms with Crippen LogP contribution in [0.2, 0.25) is 0 Å². The van der Waals surface area contributed by atoms with E-state index in [4.69, 9.17) is 5.11 Å². The SMILES string of the molecule is CCC(C(=O)O)N(C)C(=O)N1CCCC(C)CC1. The van der Waals surface area contributed by atoms with Crippen LogP contribution < -0.4 is 0 Å². The third-order valence-corrected chi connectivity index (χ3v) is 3.73. The van der Waals surface area contributed by atoms with E-state index in [0.29, 0.717) is 12.3 Å². The molecule has 1 rings (SSSR count). The lowest BCUT2D eigenvalue weighted by Crippen LogP contribution is -2.49. The monoisotopic (exact) mass is 256 g/mol. The van der Waals surface area contributed by atoms with E-state index < -0.39 is 12.0 Å². The zero-order valence-electron chi connectivity index (χ0n) is 11.6. The lowest BCUT2D eigenvalue weighted by Gasteiger charge is -2.30. The van der Waals surface area contributed by atoms with Crippen LogP contribution in [0.5, 0.6) is 0 Å². The number of likely N-dealkylation sites (N-methyl/N-ethyl adjacent to an activating group) is 1. The minimum atomic E-state index is -0.934. The van der Waals surface area contributed by atoms with Gasteiger partial charge >= 0.3 is 12.0 Å². The van der Waals surface area contributed by atoms with E-state index in [-0.39, 0.29) is 6.03 Å². The third kappa shape index (κ3) is 3.62. The van der Waals surface area contributed by atoms with Gasteiger partial charge in [0, 0.05) is 20.1 Å². The average molecular weight is 256 g/mol. The minimum Gasteiger partial charge on any atom is -0.480 e. The molecule has 2 atom stereocenters. The highest BCUT2D eigenvalue weighted by molar-refractivity contribution is 5.82. The lowest BCUT2D eigenvalue weighted by atomic mass is 10.0. The second kappa shape index (κ2) is 6.61. The standard InChI is InChI=1S/C13H24N2O3/c1-4-11(12(16)17)14(3)13(18)15-8-5-6-10(2)7-9-15/h10-11H,4-9H2,1-3H3,(H,16,17). The zero-order valence-corrected chi connectivity index (χ0v) is 11.6. The minimum absolute atomic E-state index is 0.154. The van der Waals surface area contributed by atoms with Gasteiger partial charge in [-0.05, 0) is 31.6 Å². The Morgan fingerprint density at radius 2 is 2.06 bits per heavy atom. The lowest BCUT2D eigenvalue weighted by molar-refractivity contribution is -0.142. The normalized spacial score (nSPS) is 22.2. The highest BCUT2D eigenvalue weighted by Gasteiger charge is 2.28. The van der Waals surface area contributed by atoms with Crippen molar-refractivity contribution in [3.05, 3.63) is 0 Å². The van der Waals surface area contributed by atoms with Crippen LogP contribution in [0.25, 0.3) is 0 Å². The van der Waals surface area contributed by atoms with Gasteiger partial charge in [-0.25, -0.2) is 9.59 Å². The number of aliphatic carboxylic acids is 1. The van der Waals surface area contributed by atoms with E-state index in [1.807, 2.05) is 0 Å². The molecule has 0 bridgehead atoms. The number of carbonyl (C=O) groups is 2. The maximum Gasteiger partial charge on any atom is 0.326 e. The van der Waals surface area contributed by atoms with Crippen LogP contribution in [0.4, 0.5) is 4.79 Å². The predicted octanol–water partition coefficient (Wildman–Crippen LogP) is 2.02. The molecule has 2 amide bonds. The molecule has 1 aliphatic rings. The second-order valence-corrected chi connectivity index (χ2v) is 5.18. The van der Waals surface area contributed by atoms with Gasteiger partial charge in [0.25, 0.3) is 0 Å². The Morgan fingerprint density at radius 1 is 1.39 bits per heavy atom. The summed E-state index contributed by atoms with van der Waals surface area (Å²) < 4.78 is 0. The molecule has 104 valence electrons. The molecule has 0 radical (unpaired) electrons. The van der Waals surface area contributed by atoms with E-state index in [1.54, 1.807) is 18.9 Å². The smallest absolute Gasteiger partial charge is 0.326 e. The Bertz CT molecular complexity index is 307. The Labute approximate surface area is 109 Å². The number of carbonyl (C=O) groups excluding carboxylic acids is 1. The number of hydrogen-bond acceptors (Lipinski definition) is 2. The summed E-state index contributed by atoms with van der Waals surface area (Å²) in [4.78, 5) is 26.5. The number of urea groups is 1. The fraction of sp³-hybridized carbons (Fsp3) is 0.846. The van der Waals surface area contributed by atoms with Gasteiger partial charge < -0.3 is 14.9 Å². The van der Waals surface area contributed by atoms with Gasteiger partial charge in [-0.3, -0.25) is 0 Å². The van der Waals surface area contributed by atoms with Crippen molar-refractivity contribution in [2.45, 2.75) is 45.6 Å². The number of hydrogen-bond donors (Lipinski definition) is 1. The Morgan fingerprint density at radius 3 is 2.61 bits per heavy atom. The molecule has 0 saturated carbocycles. The van der Waals surface area contributed by atoms with Gasteiger partial charge in [0.15, 0.2) is 0 Å². The van der Waals surface area contributed by atoms with Crippen LogP contribution in [0.3, 0.4) is 0 Å². The van der Waals surface area contributed by atoms with Crippen molar-refractivity contribution in [1.82, 2.24) is 9.80 Å². The molecule has 0 spiro atoms. The number of amides is 2.